The summed E-state index contributed by atoms with van der Waals surface area (Å²) in [6, 6.07) is 13.0. The summed E-state index contributed by atoms with van der Waals surface area (Å²) in [5.41, 5.74) is 6.44. The van der Waals surface area contributed by atoms with E-state index in [0.29, 0.717) is 22.9 Å². The number of benzene rings is 2. The molecule has 0 aliphatic rings. The fourth-order valence-corrected chi connectivity index (χ4v) is 2.49. The molecule has 2 N–H and O–H groups in total. The number of thioether (sulfide) groups is 1. The Morgan fingerprint density at radius 3 is 2.24 bits per heavy atom. The van der Waals surface area contributed by atoms with Gasteiger partial charge in [0.2, 0.25) is 0 Å². The standard InChI is InChI=1S/C19H24N2O3S/c1-19(2,3)24-18(22)21(4)17-12-14(8-11-16(17)20)23-13-6-9-15(25-5)10-7-13/h6-12H,20H2,1-5H3. The lowest BCUT2D eigenvalue weighted by Gasteiger charge is -2.25. The molecule has 0 aliphatic heterocycles. The molecule has 2 aromatic carbocycles. The minimum Gasteiger partial charge on any atom is -0.457 e. The van der Waals surface area contributed by atoms with Crippen LogP contribution >= 0.6 is 11.8 Å². The Hall–Kier alpha value is -2.34. The van der Waals surface area contributed by atoms with E-state index in [1.807, 2.05) is 51.3 Å². The zero-order valence-electron chi connectivity index (χ0n) is 15.2. The number of rotatable bonds is 4. The third-order valence-electron chi connectivity index (χ3n) is 3.33. The lowest BCUT2D eigenvalue weighted by Crippen LogP contribution is -2.34. The summed E-state index contributed by atoms with van der Waals surface area (Å²) in [6.45, 7) is 5.46. The zero-order valence-corrected chi connectivity index (χ0v) is 16.0. The van der Waals surface area contributed by atoms with Crippen LogP contribution in [0.3, 0.4) is 0 Å². The predicted molar refractivity (Wildman–Crippen MR) is 104 cm³/mol. The lowest BCUT2D eigenvalue weighted by atomic mass is 10.2. The number of nitrogens with zero attached hydrogens (tertiary/aromatic N) is 1. The molecule has 0 aliphatic carbocycles. The van der Waals surface area contributed by atoms with Crippen LogP contribution in [-0.2, 0) is 4.74 Å². The van der Waals surface area contributed by atoms with Gasteiger partial charge < -0.3 is 15.2 Å². The molecule has 0 spiro atoms. The van der Waals surface area contributed by atoms with E-state index in [1.165, 1.54) is 4.90 Å². The van der Waals surface area contributed by atoms with Crippen molar-refractivity contribution in [1.29, 1.82) is 0 Å². The summed E-state index contributed by atoms with van der Waals surface area (Å²) in [4.78, 5) is 14.8. The Kier molecular flexibility index (Phi) is 5.85. The van der Waals surface area contributed by atoms with Crippen molar-refractivity contribution in [3.63, 3.8) is 0 Å². The molecule has 0 bridgehead atoms. The quantitative estimate of drug-likeness (QED) is 0.603. The molecule has 0 unspecified atom stereocenters. The van der Waals surface area contributed by atoms with Crippen molar-refractivity contribution >= 4 is 29.2 Å². The molecule has 134 valence electrons. The van der Waals surface area contributed by atoms with Crippen LogP contribution in [-0.4, -0.2) is 25.0 Å². The average molecular weight is 360 g/mol. The minimum absolute atomic E-state index is 0.471. The van der Waals surface area contributed by atoms with Gasteiger partial charge in [0.1, 0.15) is 17.1 Å². The minimum atomic E-state index is -0.576. The van der Waals surface area contributed by atoms with E-state index in [-0.39, 0.29) is 0 Å². The highest BCUT2D eigenvalue weighted by Crippen LogP contribution is 2.31. The van der Waals surface area contributed by atoms with Crippen LogP contribution in [0.5, 0.6) is 11.5 Å². The maximum absolute atomic E-state index is 12.3. The first-order valence-corrected chi connectivity index (χ1v) is 9.10. The van der Waals surface area contributed by atoms with E-state index < -0.39 is 11.7 Å². The normalized spacial score (nSPS) is 11.1. The molecule has 2 aromatic rings. The molecule has 0 fully saturated rings. The molecular weight excluding hydrogens is 336 g/mol. The van der Waals surface area contributed by atoms with Crippen LogP contribution in [0.1, 0.15) is 20.8 Å². The lowest BCUT2D eigenvalue weighted by molar-refractivity contribution is 0.0589. The molecule has 6 heteroatoms. The molecule has 5 nitrogen and oxygen atoms in total. The number of anilines is 2. The topological polar surface area (TPSA) is 64.8 Å². The number of hydrogen-bond donors (Lipinski definition) is 1. The number of amides is 1. The van der Waals surface area contributed by atoms with Gasteiger partial charge in [-0.3, -0.25) is 4.90 Å². The van der Waals surface area contributed by atoms with Gasteiger partial charge in [-0.1, -0.05) is 0 Å². The Morgan fingerprint density at radius 2 is 1.68 bits per heavy atom. The van der Waals surface area contributed by atoms with E-state index in [1.54, 1.807) is 37.0 Å². The van der Waals surface area contributed by atoms with Crippen molar-refractivity contribution in [1.82, 2.24) is 0 Å². The van der Waals surface area contributed by atoms with Gasteiger partial charge in [0.25, 0.3) is 0 Å². The Bertz CT molecular complexity index is 739. The van der Waals surface area contributed by atoms with Gasteiger partial charge in [-0.05, 0) is 63.4 Å². The summed E-state index contributed by atoms with van der Waals surface area (Å²) in [7, 11) is 1.62. The highest BCUT2D eigenvalue weighted by molar-refractivity contribution is 7.98. The summed E-state index contributed by atoms with van der Waals surface area (Å²) in [5.74, 6) is 1.31. The Balaban J connectivity index is 2.19. The second-order valence-electron chi connectivity index (χ2n) is 6.54. The summed E-state index contributed by atoms with van der Waals surface area (Å²) in [5, 5.41) is 0. The van der Waals surface area contributed by atoms with Gasteiger partial charge in [0.05, 0.1) is 11.4 Å². The number of carbonyl (C=O) groups is 1. The average Bonchev–Trinajstić information content (AvgIpc) is 2.55. The maximum atomic E-state index is 12.3. The predicted octanol–water partition coefficient (Wildman–Crippen LogP) is 5.15. The van der Waals surface area contributed by atoms with Crippen molar-refractivity contribution in [2.45, 2.75) is 31.3 Å². The summed E-state index contributed by atoms with van der Waals surface area (Å²) in [6.07, 6.45) is 1.55. The van der Waals surface area contributed by atoms with Crippen LogP contribution in [0.25, 0.3) is 0 Å². The SMILES string of the molecule is CSc1ccc(Oc2ccc(N)c(N(C)C(=O)OC(C)(C)C)c2)cc1. The van der Waals surface area contributed by atoms with Crippen LogP contribution in [0.15, 0.2) is 47.4 Å². The smallest absolute Gasteiger partial charge is 0.414 e. The summed E-state index contributed by atoms with van der Waals surface area (Å²) >= 11 is 1.67. The number of nitrogens with two attached hydrogens (primary N) is 1. The number of hydrogen-bond acceptors (Lipinski definition) is 5. The van der Waals surface area contributed by atoms with Crippen molar-refractivity contribution in [2.75, 3.05) is 23.9 Å². The van der Waals surface area contributed by atoms with E-state index in [9.17, 15) is 4.79 Å². The van der Waals surface area contributed by atoms with Crippen molar-refractivity contribution in [3.8, 4) is 11.5 Å². The fraction of sp³-hybridized carbons (Fsp3) is 0.316. The van der Waals surface area contributed by atoms with E-state index in [0.717, 1.165) is 4.90 Å². The van der Waals surface area contributed by atoms with Crippen molar-refractivity contribution in [2.24, 2.45) is 0 Å². The Labute approximate surface area is 153 Å². The van der Waals surface area contributed by atoms with Gasteiger partial charge in [-0.15, -0.1) is 11.8 Å². The van der Waals surface area contributed by atoms with E-state index in [4.69, 9.17) is 15.2 Å². The van der Waals surface area contributed by atoms with Gasteiger partial charge in [-0.2, -0.15) is 0 Å². The van der Waals surface area contributed by atoms with Crippen LogP contribution < -0.4 is 15.4 Å². The second-order valence-corrected chi connectivity index (χ2v) is 7.42. The molecule has 0 atom stereocenters. The molecule has 0 heterocycles. The molecule has 0 aromatic heterocycles. The first-order chi connectivity index (χ1) is 11.7. The third kappa shape index (κ3) is 5.32. The largest absolute Gasteiger partial charge is 0.457 e. The molecule has 0 saturated heterocycles. The van der Waals surface area contributed by atoms with Gasteiger partial charge in [-0.25, -0.2) is 4.79 Å². The van der Waals surface area contributed by atoms with E-state index >= 15 is 0 Å². The molecule has 0 saturated carbocycles. The van der Waals surface area contributed by atoms with Gasteiger partial charge in [0.15, 0.2) is 0 Å². The first kappa shape index (κ1) is 19.0. The van der Waals surface area contributed by atoms with E-state index in [2.05, 4.69) is 0 Å². The number of nitrogen functional groups attached to an aromatic ring is 1. The molecule has 0 radical (unpaired) electrons. The highest BCUT2D eigenvalue weighted by atomic mass is 32.2. The van der Waals surface area contributed by atoms with Crippen LogP contribution in [0, 0.1) is 0 Å². The molecule has 1 amide bonds. The number of ether oxygens (including phenoxy) is 2. The zero-order chi connectivity index (χ0) is 18.6. The van der Waals surface area contributed by atoms with Crippen LogP contribution in [0.4, 0.5) is 16.2 Å². The van der Waals surface area contributed by atoms with Crippen molar-refractivity contribution in [3.05, 3.63) is 42.5 Å². The van der Waals surface area contributed by atoms with Crippen LogP contribution in [0.2, 0.25) is 0 Å². The van der Waals surface area contributed by atoms with Crippen molar-refractivity contribution < 1.29 is 14.3 Å². The van der Waals surface area contributed by atoms with Gasteiger partial charge >= 0.3 is 6.09 Å². The molecular formula is C19H24N2O3S. The Morgan fingerprint density at radius 1 is 1.08 bits per heavy atom. The fourth-order valence-electron chi connectivity index (χ4n) is 2.09. The first-order valence-electron chi connectivity index (χ1n) is 7.88. The third-order valence-corrected chi connectivity index (χ3v) is 4.07. The maximum Gasteiger partial charge on any atom is 0.414 e. The van der Waals surface area contributed by atoms with Gasteiger partial charge in [0, 0.05) is 18.0 Å². The monoisotopic (exact) mass is 360 g/mol. The number of carbonyl (C=O) groups excluding carboxylic acids is 1. The second kappa shape index (κ2) is 7.70. The molecule has 2 rings (SSSR count). The highest BCUT2D eigenvalue weighted by Gasteiger charge is 2.22. The summed E-state index contributed by atoms with van der Waals surface area (Å²) < 4.78 is 11.2. The molecule has 25 heavy (non-hydrogen) atoms.